The Hall–Kier alpha value is -2.29. The number of benzene rings is 1. The van der Waals surface area contributed by atoms with E-state index in [0.717, 1.165) is 13.0 Å². The van der Waals surface area contributed by atoms with Gasteiger partial charge >= 0.3 is 18.0 Å². The fraction of sp³-hybridized carbons (Fsp3) is 0.600. The average molecular weight is 415 g/mol. The highest BCUT2D eigenvalue weighted by atomic mass is 19.4. The summed E-state index contributed by atoms with van der Waals surface area (Å²) in [4.78, 5) is 26.1. The lowest BCUT2D eigenvalue weighted by molar-refractivity contribution is -0.184. The molecule has 2 rings (SSSR count). The molecule has 1 aliphatic rings. The van der Waals surface area contributed by atoms with Gasteiger partial charge in [-0.15, -0.1) is 0 Å². The molecule has 162 valence electrons. The zero-order valence-electron chi connectivity index (χ0n) is 16.7. The molecule has 0 aliphatic heterocycles. The first-order valence-corrected chi connectivity index (χ1v) is 9.71. The third-order valence-corrected chi connectivity index (χ3v) is 4.81. The van der Waals surface area contributed by atoms with E-state index in [4.69, 9.17) is 4.74 Å². The number of ether oxygens (including phenoxy) is 1. The van der Waals surface area contributed by atoms with Gasteiger partial charge in [0.15, 0.2) is 0 Å². The average Bonchev–Trinajstić information content (AvgIpc) is 2.66. The molecule has 2 amide bonds. The molecule has 1 aromatic carbocycles. The number of nitrogens with one attached hydrogen (secondary N) is 2. The summed E-state index contributed by atoms with van der Waals surface area (Å²) in [6.07, 6.45) is -2.73. The van der Waals surface area contributed by atoms with E-state index in [1.165, 1.54) is 0 Å². The van der Waals surface area contributed by atoms with Gasteiger partial charge in [0.25, 0.3) is 0 Å². The van der Waals surface area contributed by atoms with Crippen molar-refractivity contribution in [1.82, 2.24) is 10.2 Å². The summed E-state index contributed by atoms with van der Waals surface area (Å²) >= 11 is 0. The second kappa shape index (κ2) is 10.5. The van der Waals surface area contributed by atoms with E-state index >= 15 is 0 Å². The number of anilines is 1. The topological polar surface area (TPSA) is 70.7 Å². The SMILES string of the molecule is CN(C)CCCOc1ccc(NC(=O)C(=O)NC2CCCC(C(F)(F)F)C2)cc1. The fourth-order valence-electron chi connectivity index (χ4n) is 3.26. The molecule has 2 unspecified atom stereocenters. The Morgan fingerprint density at radius 1 is 1.14 bits per heavy atom. The molecule has 0 heterocycles. The van der Waals surface area contributed by atoms with Gasteiger partial charge in [0, 0.05) is 18.3 Å². The number of amides is 2. The lowest BCUT2D eigenvalue weighted by Gasteiger charge is -2.30. The molecule has 0 aromatic heterocycles. The van der Waals surface area contributed by atoms with Crippen LogP contribution in [0.2, 0.25) is 0 Å². The molecular formula is C20H28F3N3O3. The molecule has 0 bridgehead atoms. The zero-order valence-corrected chi connectivity index (χ0v) is 16.7. The van der Waals surface area contributed by atoms with E-state index in [0.29, 0.717) is 30.9 Å². The normalized spacial score (nSPS) is 19.7. The number of halogens is 3. The molecule has 1 fully saturated rings. The molecule has 1 aliphatic carbocycles. The van der Waals surface area contributed by atoms with Gasteiger partial charge in [-0.05, 0) is 64.0 Å². The number of hydrogen-bond acceptors (Lipinski definition) is 4. The molecule has 6 nitrogen and oxygen atoms in total. The number of rotatable bonds is 7. The van der Waals surface area contributed by atoms with Gasteiger partial charge in [-0.2, -0.15) is 13.2 Å². The number of alkyl halides is 3. The van der Waals surface area contributed by atoms with Gasteiger partial charge in [0.1, 0.15) is 5.75 Å². The Morgan fingerprint density at radius 2 is 1.83 bits per heavy atom. The summed E-state index contributed by atoms with van der Waals surface area (Å²) in [5.41, 5.74) is 0.405. The van der Waals surface area contributed by atoms with Crippen molar-refractivity contribution in [2.24, 2.45) is 5.92 Å². The van der Waals surface area contributed by atoms with Gasteiger partial charge < -0.3 is 20.3 Å². The van der Waals surface area contributed by atoms with Crippen molar-refractivity contribution >= 4 is 17.5 Å². The number of carbonyl (C=O) groups is 2. The van der Waals surface area contributed by atoms with Crippen LogP contribution in [0.1, 0.15) is 32.1 Å². The summed E-state index contributed by atoms with van der Waals surface area (Å²) in [5.74, 6) is -2.62. The minimum absolute atomic E-state index is 0.0611. The zero-order chi connectivity index (χ0) is 21.4. The molecule has 9 heteroatoms. The Labute approximate surface area is 168 Å². The van der Waals surface area contributed by atoms with Crippen molar-refractivity contribution in [3.63, 3.8) is 0 Å². The van der Waals surface area contributed by atoms with E-state index in [1.807, 2.05) is 14.1 Å². The molecule has 29 heavy (non-hydrogen) atoms. The van der Waals surface area contributed by atoms with E-state index in [2.05, 4.69) is 15.5 Å². The van der Waals surface area contributed by atoms with Crippen LogP contribution in [0.3, 0.4) is 0 Å². The van der Waals surface area contributed by atoms with Crippen LogP contribution in [0.25, 0.3) is 0 Å². The lowest BCUT2D eigenvalue weighted by atomic mass is 9.85. The molecule has 0 spiro atoms. The van der Waals surface area contributed by atoms with Crippen molar-refractivity contribution in [1.29, 1.82) is 0 Å². The maximum absolute atomic E-state index is 12.9. The van der Waals surface area contributed by atoms with Crippen molar-refractivity contribution in [3.05, 3.63) is 24.3 Å². The Morgan fingerprint density at radius 3 is 2.45 bits per heavy atom. The standard InChI is InChI=1S/C20H28F3N3O3/c1-26(2)11-4-12-29-17-9-7-15(8-10-17)24-18(27)19(28)25-16-6-3-5-14(13-16)20(21,22)23/h7-10,14,16H,3-6,11-13H2,1-2H3,(H,24,27)(H,25,28). The summed E-state index contributed by atoms with van der Waals surface area (Å²) in [6, 6.07) is 5.92. The quantitative estimate of drug-likeness (QED) is 0.530. The van der Waals surface area contributed by atoms with Crippen LogP contribution >= 0.6 is 0 Å². The Bertz CT molecular complexity index is 678. The van der Waals surface area contributed by atoms with Gasteiger partial charge in [-0.25, -0.2) is 0 Å². The highest BCUT2D eigenvalue weighted by Crippen LogP contribution is 2.37. The molecule has 2 atom stereocenters. The number of hydrogen-bond donors (Lipinski definition) is 2. The van der Waals surface area contributed by atoms with Crippen LogP contribution in [-0.2, 0) is 9.59 Å². The first kappa shape index (κ1) is 23.0. The van der Waals surface area contributed by atoms with Crippen LogP contribution < -0.4 is 15.4 Å². The first-order valence-electron chi connectivity index (χ1n) is 9.71. The summed E-state index contributed by atoms with van der Waals surface area (Å²) < 4.78 is 44.2. The maximum Gasteiger partial charge on any atom is 0.391 e. The number of nitrogens with zero attached hydrogens (tertiary/aromatic N) is 1. The van der Waals surface area contributed by atoms with Crippen LogP contribution in [0.15, 0.2) is 24.3 Å². The number of carbonyl (C=O) groups excluding carboxylic acids is 2. The minimum atomic E-state index is -4.28. The third-order valence-electron chi connectivity index (χ3n) is 4.81. The second-order valence-corrected chi connectivity index (χ2v) is 7.56. The molecule has 1 aromatic rings. The van der Waals surface area contributed by atoms with E-state index in [1.54, 1.807) is 24.3 Å². The van der Waals surface area contributed by atoms with Crippen LogP contribution in [-0.4, -0.2) is 56.2 Å². The van der Waals surface area contributed by atoms with Crippen molar-refractivity contribution in [3.8, 4) is 5.75 Å². The first-order chi connectivity index (χ1) is 13.6. The summed E-state index contributed by atoms with van der Waals surface area (Å²) in [7, 11) is 3.97. The largest absolute Gasteiger partial charge is 0.494 e. The summed E-state index contributed by atoms with van der Waals surface area (Å²) in [5, 5.41) is 4.86. The Kier molecular flexibility index (Phi) is 8.31. The third kappa shape index (κ3) is 7.92. The Balaban J connectivity index is 1.78. The monoisotopic (exact) mass is 415 g/mol. The summed E-state index contributed by atoms with van der Waals surface area (Å²) in [6.45, 7) is 1.47. The van der Waals surface area contributed by atoms with E-state index in [-0.39, 0.29) is 12.8 Å². The highest BCUT2D eigenvalue weighted by Gasteiger charge is 2.42. The van der Waals surface area contributed by atoms with Crippen molar-refractivity contribution in [2.45, 2.75) is 44.3 Å². The van der Waals surface area contributed by atoms with E-state index < -0.39 is 30.0 Å². The van der Waals surface area contributed by atoms with Crippen molar-refractivity contribution < 1.29 is 27.5 Å². The maximum atomic E-state index is 12.9. The van der Waals surface area contributed by atoms with E-state index in [9.17, 15) is 22.8 Å². The highest BCUT2D eigenvalue weighted by molar-refractivity contribution is 6.39. The fourth-order valence-corrected chi connectivity index (χ4v) is 3.26. The lowest BCUT2D eigenvalue weighted by Crippen LogP contribution is -2.45. The minimum Gasteiger partial charge on any atom is -0.494 e. The van der Waals surface area contributed by atoms with Gasteiger partial charge in [-0.3, -0.25) is 9.59 Å². The van der Waals surface area contributed by atoms with Gasteiger partial charge in [0.05, 0.1) is 12.5 Å². The van der Waals surface area contributed by atoms with Gasteiger partial charge in [0.2, 0.25) is 0 Å². The molecule has 1 saturated carbocycles. The molecular weight excluding hydrogens is 387 g/mol. The predicted molar refractivity (Wildman–Crippen MR) is 104 cm³/mol. The van der Waals surface area contributed by atoms with Crippen LogP contribution in [0.4, 0.5) is 18.9 Å². The molecule has 0 radical (unpaired) electrons. The molecule has 2 N–H and O–H groups in total. The molecule has 0 saturated heterocycles. The van der Waals surface area contributed by atoms with Crippen LogP contribution in [0.5, 0.6) is 5.75 Å². The smallest absolute Gasteiger partial charge is 0.391 e. The predicted octanol–water partition coefficient (Wildman–Crippen LogP) is 3.19. The van der Waals surface area contributed by atoms with Crippen molar-refractivity contribution in [2.75, 3.05) is 32.6 Å². The van der Waals surface area contributed by atoms with Crippen LogP contribution in [0, 0.1) is 5.92 Å². The second-order valence-electron chi connectivity index (χ2n) is 7.56. The van der Waals surface area contributed by atoms with Gasteiger partial charge in [-0.1, -0.05) is 6.42 Å².